The lowest BCUT2D eigenvalue weighted by atomic mass is 10.1. The predicted molar refractivity (Wildman–Crippen MR) is 128 cm³/mol. The lowest BCUT2D eigenvalue weighted by molar-refractivity contribution is -0.0963. The highest BCUT2D eigenvalue weighted by molar-refractivity contribution is 4.69. The van der Waals surface area contributed by atoms with Gasteiger partial charge < -0.3 is 49.3 Å². The van der Waals surface area contributed by atoms with Crippen LogP contribution in [0.4, 0.5) is 0 Å². The van der Waals surface area contributed by atoms with Gasteiger partial charge in [0.05, 0.1) is 64.1 Å². The van der Waals surface area contributed by atoms with Gasteiger partial charge in [-0.05, 0) is 40.5 Å². The van der Waals surface area contributed by atoms with Gasteiger partial charge in [0.25, 0.3) is 0 Å². The number of hydrogen-bond donors (Lipinski definition) is 4. The molecule has 0 aromatic heterocycles. The van der Waals surface area contributed by atoms with Gasteiger partial charge in [-0.25, -0.2) is 0 Å². The van der Waals surface area contributed by atoms with E-state index < -0.39 is 12.2 Å². The second-order valence-electron chi connectivity index (χ2n) is 8.61. The Labute approximate surface area is 200 Å². The Morgan fingerprint density at radius 3 is 1.39 bits per heavy atom. The van der Waals surface area contributed by atoms with Gasteiger partial charge in [0.15, 0.2) is 0 Å². The minimum atomic E-state index is -0.638. The van der Waals surface area contributed by atoms with Crippen molar-refractivity contribution in [3.05, 3.63) is 0 Å². The lowest BCUT2D eigenvalue weighted by Gasteiger charge is -2.21. The zero-order valence-electron chi connectivity index (χ0n) is 21.6. The monoisotopic (exact) mass is 482 g/mol. The molecule has 0 aromatic carbocycles. The first-order valence-electron chi connectivity index (χ1n) is 12.0. The summed E-state index contributed by atoms with van der Waals surface area (Å²) in [6, 6.07) is 0.414. The Morgan fingerprint density at radius 1 is 0.636 bits per heavy atom. The second-order valence-corrected chi connectivity index (χ2v) is 8.61. The summed E-state index contributed by atoms with van der Waals surface area (Å²) in [6.07, 6.45) is 0.634. The van der Waals surface area contributed by atoms with E-state index in [-0.39, 0.29) is 44.3 Å². The minimum Gasteiger partial charge on any atom is -0.389 e. The van der Waals surface area contributed by atoms with Gasteiger partial charge in [-0.15, -0.1) is 0 Å². The maximum absolute atomic E-state index is 10.0. The first-order chi connectivity index (χ1) is 15.8. The number of aliphatic hydroxyl groups excluding tert-OH is 2. The number of methoxy groups -OCH3 is 2. The molecule has 0 saturated carbocycles. The molecule has 0 fully saturated rings. The summed E-state index contributed by atoms with van der Waals surface area (Å²) in [5, 5.41) is 26.6. The smallest absolute Gasteiger partial charge is 0.146 e. The summed E-state index contributed by atoms with van der Waals surface area (Å²) in [6.45, 7) is 11.7. The van der Waals surface area contributed by atoms with Crippen LogP contribution in [0.3, 0.4) is 0 Å². The van der Waals surface area contributed by atoms with Gasteiger partial charge in [-0.1, -0.05) is 0 Å². The van der Waals surface area contributed by atoms with E-state index in [1.165, 1.54) is 0 Å². The lowest BCUT2D eigenvalue weighted by Crippen LogP contribution is -2.38. The van der Waals surface area contributed by atoms with Crippen LogP contribution in [0.25, 0.3) is 0 Å². The Hall–Kier alpha value is -0.400. The molecule has 0 aliphatic rings. The third-order valence-corrected chi connectivity index (χ3v) is 4.94. The third kappa shape index (κ3) is 21.8. The molecule has 6 unspecified atom stereocenters. The maximum Gasteiger partial charge on any atom is 0.146 e. The number of hydrogen-bond acceptors (Lipinski definition) is 10. The van der Waals surface area contributed by atoms with E-state index >= 15 is 0 Å². The summed E-state index contributed by atoms with van der Waals surface area (Å²) >= 11 is 0. The van der Waals surface area contributed by atoms with Gasteiger partial charge in [0, 0.05) is 39.4 Å². The Kier molecular flexibility index (Phi) is 21.8. The summed E-state index contributed by atoms with van der Waals surface area (Å²) in [7, 11) is 3.30. The zero-order valence-corrected chi connectivity index (χ0v) is 21.6. The first-order valence-corrected chi connectivity index (χ1v) is 12.0. The number of nitrogens with one attached hydrogen (secondary N) is 2. The van der Waals surface area contributed by atoms with E-state index in [4.69, 9.17) is 28.4 Å². The van der Waals surface area contributed by atoms with E-state index in [0.717, 1.165) is 12.8 Å². The number of aliphatic hydroxyl groups is 2. The number of ether oxygens (including phenoxy) is 6. The quantitative estimate of drug-likeness (QED) is 0.115. The van der Waals surface area contributed by atoms with Crippen LogP contribution in [-0.4, -0.2) is 120 Å². The Bertz CT molecular complexity index is 386. The normalized spacial score (nSPS) is 17.5. The molecule has 0 rings (SSSR count). The van der Waals surface area contributed by atoms with Gasteiger partial charge in [0.2, 0.25) is 0 Å². The van der Waals surface area contributed by atoms with E-state index in [2.05, 4.69) is 24.5 Å². The minimum absolute atomic E-state index is 0.0218. The standard InChI is InChI=1S/C23H50N2O8/c1-18(11-20(3)32-9-7-28-5)24-13-22(26)15-30-17-31-16-23(27)14-25-19(2)12-21(4)33-10-8-29-6/h18-27H,7-17H2,1-6H3. The van der Waals surface area contributed by atoms with Gasteiger partial charge in [-0.3, -0.25) is 0 Å². The fraction of sp³-hybridized carbons (Fsp3) is 1.00. The van der Waals surface area contributed by atoms with Crippen LogP contribution in [0.2, 0.25) is 0 Å². The molecule has 200 valence electrons. The second kappa shape index (κ2) is 22.1. The molecule has 0 heterocycles. The van der Waals surface area contributed by atoms with Crippen molar-refractivity contribution in [2.75, 3.05) is 73.7 Å². The molecule has 0 bridgehead atoms. The molecule has 33 heavy (non-hydrogen) atoms. The van der Waals surface area contributed by atoms with Crippen LogP contribution >= 0.6 is 0 Å². The molecule has 10 heteroatoms. The van der Waals surface area contributed by atoms with E-state index in [9.17, 15) is 10.2 Å². The van der Waals surface area contributed by atoms with Crippen LogP contribution in [0.15, 0.2) is 0 Å². The highest BCUT2D eigenvalue weighted by Crippen LogP contribution is 2.03. The van der Waals surface area contributed by atoms with E-state index in [1.807, 2.05) is 13.8 Å². The Morgan fingerprint density at radius 2 is 1.03 bits per heavy atom. The van der Waals surface area contributed by atoms with Crippen LogP contribution in [-0.2, 0) is 28.4 Å². The fourth-order valence-electron chi connectivity index (χ4n) is 3.18. The van der Waals surface area contributed by atoms with Gasteiger partial charge in [0.1, 0.15) is 6.79 Å². The molecular weight excluding hydrogens is 432 g/mol. The van der Waals surface area contributed by atoms with E-state index in [1.54, 1.807) is 14.2 Å². The molecule has 0 saturated heterocycles. The zero-order chi connectivity index (χ0) is 24.9. The molecule has 6 atom stereocenters. The Balaban J connectivity index is 3.67. The molecule has 0 spiro atoms. The summed E-state index contributed by atoms with van der Waals surface area (Å²) in [5.74, 6) is 0. The molecule has 0 aliphatic heterocycles. The van der Waals surface area contributed by atoms with Crippen LogP contribution in [0, 0.1) is 0 Å². The molecule has 0 aliphatic carbocycles. The summed E-state index contributed by atoms with van der Waals surface area (Å²) in [5.41, 5.74) is 0. The first kappa shape index (κ1) is 32.6. The number of rotatable bonds is 24. The highest BCUT2D eigenvalue weighted by Gasteiger charge is 2.13. The van der Waals surface area contributed by atoms with Crippen molar-refractivity contribution in [3.63, 3.8) is 0 Å². The van der Waals surface area contributed by atoms with Gasteiger partial charge in [-0.2, -0.15) is 0 Å². The van der Waals surface area contributed by atoms with Crippen molar-refractivity contribution in [2.45, 2.75) is 77.0 Å². The van der Waals surface area contributed by atoms with Crippen LogP contribution in [0.1, 0.15) is 40.5 Å². The van der Waals surface area contributed by atoms with Crippen molar-refractivity contribution >= 4 is 0 Å². The fourth-order valence-corrected chi connectivity index (χ4v) is 3.18. The largest absolute Gasteiger partial charge is 0.389 e. The molecule has 0 amide bonds. The average molecular weight is 483 g/mol. The average Bonchev–Trinajstić information content (AvgIpc) is 2.76. The summed E-state index contributed by atoms with van der Waals surface area (Å²) < 4.78 is 31.9. The topological polar surface area (TPSA) is 120 Å². The van der Waals surface area contributed by atoms with Gasteiger partial charge >= 0.3 is 0 Å². The van der Waals surface area contributed by atoms with Crippen LogP contribution in [0.5, 0.6) is 0 Å². The van der Waals surface area contributed by atoms with Crippen molar-refractivity contribution in [2.24, 2.45) is 0 Å². The van der Waals surface area contributed by atoms with Crippen molar-refractivity contribution in [3.8, 4) is 0 Å². The molecule has 0 aromatic rings. The van der Waals surface area contributed by atoms with Crippen LogP contribution < -0.4 is 10.6 Å². The van der Waals surface area contributed by atoms with Crippen molar-refractivity contribution in [1.29, 1.82) is 0 Å². The van der Waals surface area contributed by atoms with Crippen molar-refractivity contribution in [1.82, 2.24) is 10.6 Å². The maximum atomic E-state index is 10.0. The SMILES string of the molecule is COCCOC(C)CC(C)NCC(O)COCOCC(O)CNC(C)CC(C)OCCOC. The van der Waals surface area contributed by atoms with Crippen molar-refractivity contribution < 1.29 is 38.6 Å². The molecular formula is C23H50N2O8. The highest BCUT2D eigenvalue weighted by atomic mass is 16.7. The molecule has 10 nitrogen and oxygen atoms in total. The predicted octanol–water partition coefficient (Wildman–Crippen LogP) is 0.538. The molecule has 0 radical (unpaired) electrons. The summed E-state index contributed by atoms with van der Waals surface area (Å²) in [4.78, 5) is 0. The molecule has 4 N–H and O–H groups in total. The third-order valence-electron chi connectivity index (χ3n) is 4.94. The van der Waals surface area contributed by atoms with E-state index in [0.29, 0.717) is 39.5 Å².